The number of ether oxygens (including phenoxy) is 7. The summed E-state index contributed by atoms with van der Waals surface area (Å²) in [5.41, 5.74) is 0.938. The van der Waals surface area contributed by atoms with Gasteiger partial charge in [-0.2, -0.15) is 0 Å². The highest BCUT2D eigenvalue weighted by molar-refractivity contribution is 5.72. The van der Waals surface area contributed by atoms with Gasteiger partial charge in [-0.15, -0.1) is 0 Å². The number of benzene rings is 1. The van der Waals surface area contributed by atoms with E-state index < -0.39 is 6.09 Å². The first-order valence-corrected chi connectivity index (χ1v) is 13.7. The number of esters is 1. The Bertz CT molecular complexity index is 690. The summed E-state index contributed by atoms with van der Waals surface area (Å²) in [4.78, 5) is 23.6. The number of rotatable bonds is 25. The third kappa shape index (κ3) is 19.8. The molecule has 1 atom stereocenters. The van der Waals surface area contributed by atoms with Gasteiger partial charge in [0.05, 0.1) is 72.0 Å². The van der Waals surface area contributed by atoms with Crippen molar-refractivity contribution >= 4 is 12.1 Å². The van der Waals surface area contributed by atoms with Gasteiger partial charge in [0.25, 0.3) is 0 Å². The third-order valence-corrected chi connectivity index (χ3v) is 5.42. The molecule has 10 heteroatoms. The van der Waals surface area contributed by atoms with E-state index in [-0.39, 0.29) is 25.1 Å². The summed E-state index contributed by atoms with van der Waals surface area (Å²) in [5.74, 6) is -0.130. The van der Waals surface area contributed by atoms with E-state index in [0.29, 0.717) is 72.6 Å². The molecule has 0 radical (unpaired) electrons. The number of nitrogens with one attached hydrogen (secondary N) is 1. The molecule has 0 spiro atoms. The van der Waals surface area contributed by atoms with Gasteiger partial charge in [-0.25, -0.2) is 4.79 Å². The first-order valence-electron chi connectivity index (χ1n) is 13.7. The lowest BCUT2D eigenvalue weighted by molar-refractivity contribution is -0.150. The molecule has 38 heavy (non-hydrogen) atoms. The van der Waals surface area contributed by atoms with Gasteiger partial charge < -0.3 is 38.5 Å². The maximum atomic E-state index is 12.0. The van der Waals surface area contributed by atoms with Crippen molar-refractivity contribution in [3.63, 3.8) is 0 Å². The molecule has 1 N–H and O–H groups in total. The van der Waals surface area contributed by atoms with Crippen molar-refractivity contribution in [1.29, 1.82) is 0 Å². The molecule has 10 nitrogen and oxygen atoms in total. The Labute approximate surface area is 227 Å². The standard InChI is InChI=1S/C28H47NO9/c1-3-5-11-26(4-2)27(30)37-23-22-36-21-20-35-19-18-34-17-16-33-15-14-32-13-12-29-28(31)38-24-25-9-7-6-8-10-25/h6-10,26H,3-5,11-24H2,1-2H3,(H,29,31). The van der Waals surface area contributed by atoms with Crippen molar-refractivity contribution in [3.05, 3.63) is 35.9 Å². The van der Waals surface area contributed by atoms with Gasteiger partial charge in [0.15, 0.2) is 0 Å². The highest BCUT2D eigenvalue weighted by Gasteiger charge is 2.16. The van der Waals surface area contributed by atoms with E-state index in [4.69, 9.17) is 33.2 Å². The molecule has 0 saturated heterocycles. The minimum atomic E-state index is -0.469. The molecule has 0 saturated carbocycles. The van der Waals surface area contributed by atoms with Crippen molar-refractivity contribution in [2.24, 2.45) is 5.92 Å². The number of alkyl carbamates (subject to hydrolysis) is 1. The summed E-state index contributed by atoms with van der Waals surface area (Å²) in [7, 11) is 0. The van der Waals surface area contributed by atoms with Gasteiger partial charge in [0.2, 0.25) is 0 Å². The Morgan fingerprint density at radius 1 is 0.711 bits per heavy atom. The fourth-order valence-corrected chi connectivity index (χ4v) is 3.24. The summed E-state index contributed by atoms with van der Waals surface area (Å²) >= 11 is 0. The lowest BCUT2D eigenvalue weighted by Crippen LogP contribution is -2.28. The van der Waals surface area contributed by atoms with Crippen LogP contribution >= 0.6 is 0 Å². The normalized spacial score (nSPS) is 11.7. The van der Waals surface area contributed by atoms with Gasteiger partial charge in [-0.1, -0.05) is 57.0 Å². The molecule has 0 aromatic heterocycles. The quantitative estimate of drug-likeness (QED) is 0.146. The Balaban J connectivity index is 1.75. The molecule has 0 fully saturated rings. The summed E-state index contributed by atoms with van der Waals surface area (Å²) < 4.78 is 37.5. The zero-order valence-electron chi connectivity index (χ0n) is 23.2. The number of carbonyl (C=O) groups is 2. The lowest BCUT2D eigenvalue weighted by Gasteiger charge is -2.13. The second-order valence-corrected chi connectivity index (χ2v) is 8.47. The van der Waals surface area contributed by atoms with Crippen LogP contribution in [0.1, 0.15) is 45.1 Å². The van der Waals surface area contributed by atoms with Crippen molar-refractivity contribution < 1.29 is 42.7 Å². The van der Waals surface area contributed by atoms with Crippen molar-refractivity contribution in [2.45, 2.75) is 46.1 Å². The SMILES string of the molecule is CCCCC(CC)C(=O)OCCOCCOCCOCCOCCOCCNC(=O)OCc1ccccc1. The molecule has 1 aromatic carbocycles. The van der Waals surface area contributed by atoms with Crippen molar-refractivity contribution in [2.75, 3.05) is 79.2 Å². The van der Waals surface area contributed by atoms with E-state index >= 15 is 0 Å². The van der Waals surface area contributed by atoms with E-state index in [9.17, 15) is 9.59 Å². The maximum absolute atomic E-state index is 12.0. The molecular formula is C28H47NO9. The molecule has 0 aliphatic rings. The van der Waals surface area contributed by atoms with Crippen LogP contribution in [0, 0.1) is 5.92 Å². The van der Waals surface area contributed by atoms with Gasteiger partial charge in [0, 0.05) is 6.54 Å². The zero-order chi connectivity index (χ0) is 27.5. The Morgan fingerprint density at radius 3 is 1.76 bits per heavy atom. The molecule has 0 aliphatic carbocycles. The van der Waals surface area contributed by atoms with E-state index in [0.717, 1.165) is 31.2 Å². The number of unbranched alkanes of at least 4 members (excludes halogenated alkanes) is 1. The number of carbonyl (C=O) groups excluding carboxylic acids is 2. The minimum Gasteiger partial charge on any atom is -0.463 e. The van der Waals surface area contributed by atoms with Crippen LogP contribution in [0.15, 0.2) is 30.3 Å². The first-order chi connectivity index (χ1) is 18.7. The molecule has 1 amide bonds. The minimum absolute atomic E-state index is 0.00537. The van der Waals surface area contributed by atoms with Crippen LogP contribution in [0.5, 0.6) is 0 Å². The van der Waals surface area contributed by atoms with Gasteiger partial charge in [0.1, 0.15) is 13.2 Å². The van der Waals surface area contributed by atoms with Crippen LogP contribution in [0.3, 0.4) is 0 Å². The number of amides is 1. The summed E-state index contributed by atoms with van der Waals surface area (Å²) in [5, 5.41) is 2.64. The number of hydrogen-bond acceptors (Lipinski definition) is 9. The van der Waals surface area contributed by atoms with Crippen LogP contribution < -0.4 is 5.32 Å². The van der Waals surface area contributed by atoms with Gasteiger partial charge in [-0.05, 0) is 18.4 Å². The summed E-state index contributed by atoms with van der Waals surface area (Å²) in [6.07, 6.45) is 3.36. The van der Waals surface area contributed by atoms with Gasteiger partial charge in [-0.3, -0.25) is 4.79 Å². The molecule has 218 valence electrons. The number of hydrogen-bond donors (Lipinski definition) is 1. The summed E-state index contributed by atoms with van der Waals surface area (Å²) in [6, 6.07) is 9.50. The van der Waals surface area contributed by atoms with Crippen LogP contribution in [-0.2, 0) is 44.6 Å². The predicted molar refractivity (Wildman–Crippen MR) is 143 cm³/mol. The fraction of sp³-hybridized carbons (Fsp3) is 0.714. The molecule has 0 bridgehead atoms. The largest absolute Gasteiger partial charge is 0.463 e. The molecular weight excluding hydrogens is 494 g/mol. The molecule has 1 rings (SSSR count). The Morgan fingerprint density at radius 2 is 1.24 bits per heavy atom. The Kier molecular flexibility index (Phi) is 22.3. The lowest BCUT2D eigenvalue weighted by atomic mass is 10.00. The fourth-order valence-electron chi connectivity index (χ4n) is 3.24. The van der Waals surface area contributed by atoms with E-state index in [1.165, 1.54) is 0 Å². The molecule has 0 heterocycles. The summed E-state index contributed by atoms with van der Waals surface area (Å²) in [6.45, 7) is 9.42. The van der Waals surface area contributed by atoms with E-state index in [2.05, 4.69) is 12.2 Å². The Hall–Kier alpha value is -2.24. The smallest absolute Gasteiger partial charge is 0.407 e. The zero-order valence-corrected chi connectivity index (χ0v) is 23.2. The van der Waals surface area contributed by atoms with Crippen LogP contribution in [0.4, 0.5) is 4.79 Å². The predicted octanol–water partition coefficient (Wildman–Crippen LogP) is 3.76. The van der Waals surface area contributed by atoms with Gasteiger partial charge >= 0.3 is 12.1 Å². The molecule has 1 aromatic rings. The highest BCUT2D eigenvalue weighted by Crippen LogP contribution is 2.14. The second kappa shape index (κ2) is 25.1. The topological polar surface area (TPSA) is 111 Å². The highest BCUT2D eigenvalue weighted by atomic mass is 16.6. The van der Waals surface area contributed by atoms with Crippen LogP contribution in [0.2, 0.25) is 0 Å². The average molecular weight is 542 g/mol. The second-order valence-electron chi connectivity index (χ2n) is 8.47. The van der Waals surface area contributed by atoms with E-state index in [1.54, 1.807) is 0 Å². The van der Waals surface area contributed by atoms with Crippen molar-refractivity contribution in [3.8, 4) is 0 Å². The first kappa shape index (κ1) is 33.8. The average Bonchev–Trinajstić information content (AvgIpc) is 2.94. The third-order valence-electron chi connectivity index (χ3n) is 5.42. The molecule has 1 unspecified atom stereocenters. The van der Waals surface area contributed by atoms with E-state index in [1.807, 2.05) is 37.3 Å². The monoisotopic (exact) mass is 541 g/mol. The maximum Gasteiger partial charge on any atom is 0.407 e. The van der Waals surface area contributed by atoms with Crippen LogP contribution in [0.25, 0.3) is 0 Å². The van der Waals surface area contributed by atoms with Crippen LogP contribution in [-0.4, -0.2) is 91.3 Å². The molecule has 0 aliphatic heterocycles. The van der Waals surface area contributed by atoms with Crippen molar-refractivity contribution in [1.82, 2.24) is 5.32 Å².